The lowest BCUT2D eigenvalue weighted by molar-refractivity contribution is 1.09. The summed E-state index contributed by atoms with van der Waals surface area (Å²) in [5, 5.41) is 13.6. The number of hydrogen-bond acceptors (Lipinski definition) is 4. The standard InChI is InChI=1S/C6H3N5/c7-1-5-4-2-10-11-6(4)9-3-8-5/h2-3H,(H,8,9,10,11)/i/hD. The van der Waals surface area contributed by atoms with Crippen LogP contribution in [0.3, 0.4) is 0 Å². The van der Waals surface area contributed by atoms with Crippen LogP contribution in [0.4, 0.5) is 0 Å². The molecule has 1 N–H and O–H groups in total. The molecule has 2 heterocycles. The Balaban J connectivity index is 2.92. The fourth-order valence-electron chi connectivity index (χ4n) is 0.815. The van der Waals surface area contributed by atoms with Gasteiger partial charge in [-0.3, -0.25) is 5.09 Å². The number of nitrogens with one attached hydrogen (secondary N) is 1. The molecule has 0 aliphatic carbocycles. The van der Waals surface area contributed by atoms with Gasteiger partial charge in [0, 0.05) is 0 Å². The van der Waals surface area contributed by atoms with Crippen LogP contribution in [0.5, 0.6) is 0 Å². The Morgan fingerprint density at radius 2 is 2.55 bits per heavy atom. The summed E-state index contributed by atoms with van der Waals surface area (Å²) in [4.78, 5) is 7.53. The van der Waals surface area contributed by atoms with E-state index < -0.39 is 0 Å². The third-order valence-corrected chi connectivity index (χ3v) is 1.31. The van der Waals surface area contributed by atoms with Crippen molar-refractivity contribution in [3.8, 4) is 6.07 Å². The number of hydrogen-bond donors (Lipinski definition) is 1. The highest BCUT2D eigenvalue weighted by molar-refractivity contribution is 5.78. The van der Waals surface area contributed by atoms with Crippen LogP contribution in [0.1, 0.15) is 5.69 Å². The second kappa shape index (κ2) is 2.02. The minimum Gasteiger partial charge on any atom is -0.261 e. The van der Waals surface area contributed by atoms with Gasteiger partial charge in [-0.15, -0.1) is 0 Å². The Morgan fingerprint density at radius 3 is 3.36 bits per heavy atom. The van der Waals surface area contributed by atoms with Crippen LogP contribution in [0, 0.1) is 11.3 Å². The summed E-state index contributed by atoms with van der Waals surface area (Å²) in [5.41, 5.74) is 0.597. The fraction of sp³-hybridized carbons (Fsp3) is 0. The third kappa shape index (κ3) is 0.730. The molecule has 5 nitrogen and oxygen atoms in total. The quantitative estimate of drug-likeness (QED) is 0.576. The Bertz CT molecular complexity index is 468. The zero-order chi connectivity index (χ0) is 8.55. The first kappa shape index (κ1) is 4.79. The van der Waals surface area contributed by atoms with Crippen LogP contribution in [-0.4, -0.2) is 20.2 Å². The van der Waals surface area contributed by atoms with Gasteiger partial charge in [0.25, 0.3) is 0 Å². The SMILES string of the molecule is [2H]n1ncc2c(C#N)ncnc21. The summed E-state index contributed by atoms with van der Waals surface area (Å²) < 4.78 is 7.22. The van der Waals surface area contributed by atoms with Crippen molar-refractivity contribution in [2.45, 2.75) is 0 Å². The molecule has 2 aromatic heterocycles. The van der Waals surface area contributed by atoms with Crippen molar-refractivity contribution in [3.05, 3.63) is 18.2 Å². The van der Waals surface area contributed by atoms with Crippen LogP contribution in [0.15, 0.2) is 12.5 Å². The van der Waals surface area contributed by atoms with E-state index in [1.54, 1.807) is 0 Å². The summed E-state index contributed by atoms with van der Waals surface area (Å²) in [5.74, 6) is 0. The van der Waals surface area contributed by atoms with E-state index in [0.29, 0.717) is 11.0 Å². The van der Waals surface area contributed by atoms with Crippen LogP contribution >= 0.6 is 0 Å². The first-order valence-corrected chi connectivity index (χ1v) is 2.91. The molecule has 0 unspecified atom stereocenters. The average Bonchev–Trinajstić information content (AvgIpc) is 2.48. The molecule has 0 aliphatic rings. The maximum Gasteiger partial charge on any atom is 0.192 e. The molecular formula is C6H3N5. The van der Waals surface area contributed by atoms with Gasteiger partial charge in [0.05, 0.1) is 11.6 Å². The molecule has 5 heteroatoms. The highest BCUT2D eigenvalue weighted by atomic mass is 15.1. The molecule has 0 fully saturated rings. The van der Waals surface area contributed by atoms with Crippen molar-refractivity contribution in [3.63, 3.8) is 0 Å². The van der Waals surface area contributed by atoms with Gasteiger partial charge in [0.15, 0.2) is 12.8 Å². The Labute approximate surface area is 63.2 Å². The second-order valence-electron chi connectivity index (χ2n) is 1.92. The predicted molar refractivity (Wildman–Crippen MR) is 36.4 cm³/mol. The van der Waals surface area contributed by atoms with Gasteiger partial charge < -0.3 is 0 Å². The van der Waals surface area contributed by atoms with Crippen LogP contribution in [0.2, 0.25) is 1.41 Å². The Morgan fingerprint density at radius 1 is 1.64 bits per heavy atom. The van der Waals surface area contributed by atoms with E-state index in [1.807, 2.05) is 6.07 Å². The van der Waals surface area contributed by atoms with Crippen molar-refractivity contribution in [2.24, 2.45) is 0 Å². The third-order valence-electron chi connectivity index (χ3n) is 1.31. The largest absolute Gasteiger partial charge is 0.261 e. The number of aromatic nitrogens is 4. The fourth-order valence-corrected chi connectivity index (χ4v) is 0.815. The van der Waals surface area contributed by atoms with E-state index >= 15 is 0 Å². The molecule has 52 valence electrons. The lowest BCUT2D eigenvalue weighted by atomic mass is 10.3. The summed E-state index contributed by atoms with van der Waals surface area (Å²) in [7, 11) is 0. The first-order chi connectivity index (χ1) is 5.83. The molecule has 11 heavy (non-hydrogen) atoms. The van der Waals surface area contributed by atoms with Gasteiger partial charge in [0.1, 0.15) is 12.4 Å². The van der Waals surface area contributed by atoms with Crippen molar-refractivity contribution in [1.82, 2.24) is 20.2 Å². The number of nitriles is 1. The number of nitrogens with zero attached hydrogens (tertiary/aromatic N) is 4. The van der Waals surface area contributed by atoms with Gasteiger partial charge in [-0.05, 0) is 0 Å². The minimum absolute atomic E-state index is 0.249. The van der Waals surface area contributed by atoms with Crippen molar-refractivity contribution >= 4 is 11.0 Å². The molecule has 0 saturated heterocycles. The number of rotatable bonds is 0. The lowest BCUT2D eigenvalue weighted by Gasteiger charge is -1.86. The maximum absolute atomic E-state index is 8.61. The minimum atomic E-state index is 0.249. The normalized spacial score (nSPS) is 11.0. The number of H-pyrrole nitrogens is 1. The van der Waals surface area contributed by atoms with E-state index in [4.69, 9.17) is 6.67 Å². The molecular weight excluding hydrogens is 142 g/mol. The molecule has 0 radical (unpaired) electrons. The average molecular weight is 146 g/mol. The summed E-state index contributed by atoms with van der Waals surface area (Å²) in [6, 6.07) is 1.90. The van der Waals surface area contributed by atoms with Crippen LogP contribution in [0.25, 0.3) is 11.0 Å². The van der Waals surface area contributed by atoms with Gasteiger partial charge in [-0.2, -0.15) is 10.4 Å². The summed E-state index contributed by atoms with van der Waals surface area (Å²) >= 11 is 0. The van der Waals surface area contributed by atoms with E-state index in [9.17, 15) is 0 Å². The van der Waals surface area contributed by atoms with Gasteiger partial charge in [-0.1, -0.05) is 0 Å². The smallest absolute Gasteiger partial charge is 0.192 e. The Kier molecular flexibility index (Phi) is 0.881. The molecule has 0 spiro atoms. The number of aromatic amines is 1. The topological polar surface area (TPSA) is 78.2 Å². The van der Waals surface area contributed by atoms with Crippen molar-refractivity contribution < 1.29 is 1.41 Å². The zero-order valence-electron chi connectivity index (χ0n) is 6.39. The Hall–Kier alpha value is -1.96. The van der Waals surface area contributed by atoms with Crippen LogP contribution < -0.4 is 0 Å². The molecule has 0 atom stereocenters. The summed E-state index contributed by atoms with van der Waals surface area (Å²) in [6.45, 7) is 0. The highest BCUT2D eigenvalue weighted by Crippen LogP contribution is 2.08. The lowest BCUT2D eigenvalue weighted by Crippen LogP contribution is -1.84. The van der Waals surface area contributed by atoms with Crippen LogP contribution in [-0.2, 0) is 0 Å². The maximum atomic E-state index is 8.61. The van der Waals surface area contributed by atoms with Gasteiger partial charge in [-0.25, -0.2) is 9.97 Å². The molecule has 0 aliphatic heterocycles. The highest BCUT2D eigenvalue weighted by Gasteiger charge is 2.02. The molecule has 0 bridgehead atoms. The molecule has 2 rings (SSSR count). The molecule has 2 aromatic rings. The van der Waals surface area contributed by atoms with E-state index in [-0.39, 0.29) is 5.69 Å². The van der Waals surface area contributed by atoms with Crippen molar-refractivity contribution in [1.29, 1.82) is 5.26 Å². The molecule has 0 amide bonds. The summed E-state index contributed by atoms with van der Waals surface area (Å²) in [6.07, 6.45) is 2.65. The second-order valence-corrected chi connectivity index (χ2v) is 1.92. The van der Waals surface area contributed by atoms with E-state index in [0.717, 1.165) is 5.09 Å². The number of fused-ring (bicyclic) bond motifs is 1. The zero-order valence-corrected chi connectivity index (χ0v) is 5.39. The first-order valence-electron chi connectivity index (χ1n) is 3.35. The molecule has 0 aromatic carbocycles. The van der Waals surface area contributed by atoms with Crippen molar-refractivity contribution in [2.75, 3.05) is 0 Å². The molecule has 0 saturated carbocycles. The van der Waals surface area contributed by atoms with E-state index in [1.165, 1.54) is 12.5 Å². The predicted octanol–water partition coefficient (Wildman–Crippen LogP) is 0.225. The monoisotopic (exact) mass is 146 g/mol. The van der Waals surface area contributed by atoms with Gasteiger partial charge in [0.2, 0.25) is 0 Å². The van der Waals surface area contributed by atoms with E-state index in [2.05, 4.69) is 15.1 Å². The van der Waals surface area contributed by atoms with Gasteiger partial charge >= 0.3 is 0 Å².